The van der Waals surface area contributed by atoms with E-state index in [1.807, 2.05) is 19.3 Å². The summed E-state index contributed by atoms with van der Waals surface area (Å²) in [7, 11) is 1.28. The third kappa shape index (κ3) is 7.87. The second-order valence-electron chi connectivity index (χ2n) is 17.3. The summed E-state index contributed by atoms with van der Waals surface area (Å²) in [6.45, 7) is 6.62. The number of carbonyl (C=O) groups excluding carboxylic acids is 2. The van der Waals surface area contributed by atoms with Crippen LogP contribution < -0.4 is 15.8 Å². The van der Waals surface area contributed by atoms with Gasteiger partial charge in [0.25, 0.3) is 0 Å². The van der Waals surface area contributed by atoms with E-state index in [0.717, 1.165) is 101 Å². The largest absolute Gasteiger partial charge is 0.470 e. The van der Waals surface area contributed by atoms with Gasteiger partial charge in [-0.1, -0.05) is 25.5 Å². The Kier molecular flexibility index (Phi) is 12.1. The summed E-state index contributed by atoms with van der Waals surface area (Å²) in [6, 6.07) is 13.3. The minimum atomic E-state index is -0.819. The molecule has 7 unspecified atom stereocenters. The molecule has 16 heteroatoms. The van der Waals surface area contributed by atoms with Crippen LogP contribution >= 0.6 is 0 Å². The number of aliphatic hydroxyl groups is 2. The van der Waals surface area contributed by atoms with Crippen LogP contribution in [0.25, 0.3) is 44.7 Å². The molecule has 4 aliphatic rings. The van der Waals surface area contributed by atoms with E-state index >= 15 is 0 Å². The lowest BCUT2D eigenvalue weighted by Crippen LogP contribution is -2.52. The molecule has 62 heavy (non-hydrogen) atoms. The van der Waals surface area contributed by atoms with Gasteiger partial charge in [0, 0.05) is 61.0 Å². The number of nitrogens with two attached hydrogens (primary N) is 1. The maximum Gasteiger partial charge on any atom is 0.407 e. The minimum absolute atomic E-state index is 0.0415. The highest BCUT2D eigenvalue weighted by molar-refractivity contribution is 5.92. The zero-order valence-corrected chi connectivity index (χ0v) is 35.8. The Labute approximate surface area is 361 Å². The van der Waals surface area contributed by atoms with Crippen molar-refractivity contribution >= 4 is 22.9 Å². The van der Waals surface area contributed by atoms with Gasteiger partial charge in [0.15, 0.2) is 6.23 Å². The summed E-state index contributed by atoms with van der Waals surface area (Å²) in [5.74, 6) is 2.11. The summed E-state index contributed by atoms with van der Waals surface area (Å²) in [4.78, 5) is 46.9. The Morgan fingerprint density at radius 3 is 2.39 bits per heavy atom. The van der Waals surface area contributed by atoms with Crippen molar-refractivity contribution in [3.05, 3.63) is 66.5 Å². The number of amides is 2. The summed E-state index contributed by atoms with van der Waals surface area (Å²) in [5.41, 5.74) is 13.4. The molecule has 0 saturated carbocycles. The zero-order valence-electron chi connectivity index (χ0n) is 35.8. The van der Waals surface area contributed by atoms with Crippen molar-refractivity contribution in [1.29, 1.82) is 0 Å². The number of rotatable bonds is 13. The monoisotopic (exact) mass is 849 g/mol. The van der Waals surface area contributed by atoms with Crippen LogP contribution in [-0.4, -0.2) is 115 Å². The molecule has 330 valence electrons. The van der Waals surface area contributed by atoms with Gasteiger partial charge in [-0.05, 0) is 94.0 Å². The van der Waals surface area contributed by atoms with E-state index < -0.39 is 18.4 Å². The molecule has 2 aromatic carbocycles. The Morgan fingerprint density at radius 1 is 0.968 bits per heavy atom. The van der Waals surface area contributed by atoms with E-state index in [0.29, 0.717) is 38.4 Å². The lowest BCUT2D eigenvalue weighted by Gasteiger charge is -2.37. The molecule has 7 heterocycles. The molecular formula is C46H59N9O7. The number of likely N-dealkylation sites (tertiary alicyclic amines) is 2. The van der Waals surface area contributed by atoms with Crippen LogP contribution in [0.4, 0.5) is 4.79 Å². The number of methoxy groups -OCH3 is 1. The predicted molar refractivity (Wildman–Crippen MR) is 233 cm³/mol. The molecule has 3 aromatic heterocycles. The molecule has 2 amide bonds. The van der Waals surface area contributed by atoms with Gasteiger partial charge >= 0.3 is 6.09 Å². The molecule has 0 aliphatic carbocycles. The first kappa shape index (κ1) is 42.1. The number of benzene rings is 2. The third-order valence-electron chi connectivity index (χ3n) is 13.7. The highest BCUT2D eigenvalue weighted by Gasteiger charge is 2.40. The highest BCUT2D eigenvalue weighted by atomic mass is 16.5. The van der Waals surface area contributed by atoms with E-state index in [9.17, 15) is 19.8 Å². The molecule has 0 radical (unpaired) electrons. The number of hydrogen-bond donors (Lipinski definition) is 6. The quantitative estimate of drug-likeness (QED) is 0.0809. The first-order valence-electron chi connectivity index (χ1n) is 22.3. The van der Waals surface area contributed by atoms with Crippen molar-refractivity contribution in [3.8, 4) is 39.5 Å². The van der Waals surface area contributed by atoms with Crippen molar-refractivity contribution in [3.63, 3.8) is 0 Å². The normalized spacial score (nSPS) is 22.5. The van der Waals surface area contributed by atoms with Crippen LogP contribution in [0.5, 0.6) is 5.75 Å². The lowest BCUT2D eigenvalue weighted by molar-refractivity contribution is -0.136. The Morgan fingerprint density at radius 2 is 1.66 bits per heavy atom. The van der Waals surface area contributed by atoms with Gasteiger partial charge in [-0.2, -0.15) is 0 Å². The first-order valence-corrected chi connectivity index (χ1v) is 22.3. The number of fused-ring (bicyclic) bond motifs is 5. The average Bonchev–Trinajstić information content (AvgIpc) is 4.15. The van der Waals surface area contributed by atoms with Gasteiger partial charge in [-0.25, -0.2) is 14.8 Å². The van der Waals surface area contributed by atoms with E-state index in [-0.39, 0.29) is 48.7 Å². The number of ether oxygens (including phenoxy) is 3. The molecule has 0 spiro atoms. The van der Waals surface area contributed by atoms with Crippen LogP contribution in [0.15, 0.2) is 54.9 Å². The van der Waals surface area contributed by atoms with Crippen LogP contribution in [0, 0.1) is 11.8 Å². The van der Waals surface area contributed by atoms with E-state index in [1.165, 1.54) is 7.11 Å². The number of carbonyl (C=O) groups is 2. The molecule has 4 aliphatic heterocycles. The Bertz CT molecular complexity index is 2390. The van der Waals surface area contributed by atoms with Crippen molar-refractivity contribution in [2.24, 2.45) is 17.6 Å². The molecule has 7 atom stereocenters. The molecule has 3 fully saturated rings. The van der Waals surface area contributed by atoms with E-state index in [4.69, 9.17) is 29.9 Å². The minimum Gasteiger partial charge on any atom is -0.470 e. The molecule has 7 N–H and O–H groups in total. The molecule has 5 aromatic rings. The zero-order chi connectivity index (χ0) is 43.1. The van der Waals surface area contributed by atoms with Crippen LogP contribution in [0.2, 0.25) is 0 Å². The lowest BCUT2D eigenvalue weighted by atomic mass is 9.90. The molecule has 16 nitrogen and oxygen atoms in total. The summed E-state index contributed by atoms with van der Waals surface area (Å²) in [5, 5.41) is 24.9. The number of aromatic amines is 2. The number of H-pyrrole nitrogens is 2. The van der Waals surface area contributed by atoms with Gasteiger partial charge < -0.3 is 54.9 Å². The smallest absolute Gasteiger partial charge is 0.407 e. The van der Waals surface area contributed by atoms with Crippen molar-refractivity contribution in [1.82, 2.24) is 39.6 Å². The number of aliphatic hydroxyl groups excluding tert-OH is 2. The summed E-state index contributed by atoms with van der Waals surface area (Å²) < 4.78 is 19.2. The second kappa shape index (κ2) is 17.8. The van der Waals surface area contributed by atoms with Gasteiger partial charge in [0.1, 0.15) is 29.7 Å². The number of nitrogens with zero attached hydrogens (tertiary/aromatic N) is 5. The van der Waals surface area contributed by atoms with Gasteiger partial charge in [-0.3, -0.25) is 9.69 Å². The fourth-order valence-electron chi connectivity index (χ4n) is 10.3. The third-order valence-corrected chi connectivity index (χ3v) is 13.7. The molecule has 3 saturated heterocycles. The van der Waals surface area contributed by atoms with Crippen molar-refractivity contribution in [2.75, 3.05) is 40.0 Å². The first-order chi connectivity index (χ1) is 30.2. The highest BCUT2D eigenvalue weighted by Crippen LogP contribution is 2.45. The Balaban J connectivity index is 0.927. The standard InChI is InChI=1S/C46H59N9O7/c1-4-27(13-18-56)41(52-46(59)60-3)45(58)54-17-6-8-37(54)43-48-24-33(50-43)29-10-12-35-31(21-29)22-38-32-11-9-30(23-39(32)62-26(2)55(35)38)34-25-49-42(51-34)36-7-5-16-53(36)44(57)40(47)28-14-19-61-20-15-28/h9-12,21-28,36-37,40-41,44,56-57H,4-8,13-20,47H2,1-3H3,(H,48,50)(H,49,51)(H,52,59). The van der Waals surface area contributed by atoms with Gasteiger partial charge in [-0.15, -0.1) is 0 Å². The SMILES string of the molecule is CCC(CCO)C(NC(=O)OC)C(=O)N1CCCC1c1ncc(-c2ccc3c(c2)cc2n3C(C)Oc3cc(-c4cnc(C5CCCN5C(O)C(N)C5CCOCC5)[nH]4)ccc3-2)[nH]1. The maximum atomic E-state index is 14.0. The van der Waals surface area contributed by atoms with Crippen molar-refractivity contribution in [2.45, 2.75) is 102 Å². The van der Waals surface area contributed by atoms with Crippen molar-refractivity contribution < 1.29 is 34.0 Å². The topological polar surface area (TPSA) is 209 Å². The van der Waals surface area contributed by atoms with Crippen LogP contribution in [-0.2, 0) is 14.3 Å². The summed E-state index contributed by atoms with van der Waals surface area (Å²) >= 11 is 0. The fourth-order valence-corrected chi connectivity index (χ4v) is 10.3. The predicted octanol–water partition coefficient (Wildman–Crippen LogP) is 6.01. The molecule has 0 bridgehead atoms. The summed E-state index contributed by atoms with van der Waals surface area (Å²) in [6.07, 6.45) is 8.15. The number of alkyl carbamates (subject to hydrolysis) is 1. The van der Waals surface area contributed by atoms with E-state index in [2.05, 4.69) is 74.1 Å². The maximum absolute atomic E-state index is 14.0. The van der Waals surface area contributed by atoms with Gasteiger partial charge in [0.05, 0.1) is 54.2 Å². The van der Waals surface area contributed by atoms with Crippen LogP contribution in [0.3, 0.4) is 0 Å². The fraction of sp³-hybridized carbons (Fsp3) is 0.522. The Hall–Kier alpha value is -5.26. The number of imidazole rings is 2. The second-order valence-corrected chi connectivity index (χ2v) is 17.3. The van der Waals surface area contributed by atoms with Gasteiger partial charge in [0.2, 0.25) is 5.91 Å². The average molecular weight is 850 g/mol. The molecule has 9 rings (SSSR count). The van der Waals surface area contributed by atoms with Crippen LogP contribution in [0.1, 0.15) is 95.2 Å². The number of aromatic nitrogens is 5. The number of hydrogen-bond acceptors (Lipinski definition) is 11. The van der Waals surface area contributed by atoms with E-state index in [1.54, 1.807) is 4.90 Å². The number of nitrogens with one attached hydrogen (secondary N) is 3. The molecular weight excluding hydrogens is 791 g/mol.